The highest BCUT2D eigenvalue weighted by Crippen LogP contribution is 2.18. The number of benzene rings is 1. The molecule has 0 aliphatic carbocycles. The molecule has 23 heavy (non-hydrogen) atoms. The van der Waals surface area contributed by atoms with Crippen LogP contribution in [0.1, 0.15) is 21.6 Å². The van der Waals surface area contributed by atoms with Gasteiger partial charge in [-0.3, -0.25) is 14.6 Å². The highest BCUT2D eigenvalue weighted by molar-refractivity contribution is 5.94. The maximum atomic E-state index is 12.1. The number of nitrogens with one attached hydrogen (secondary N) is 1. The molecule has 1 aliphatic heterocycles. The molecule has 1 aliphatic rings. The van der Waals surface area contributed by atoms with Crippen molar-refractivity contribution >= 4 is 11.8 Å². The number of nitrogens with zero attached hydrogens (tertiary/aromatic N) is 3. The molecule has 2 aromatic rings. The average Bonchev–Trinajstić information content (AvgIpc) is 2.53. The monoisotopic (exact) mass is 310 g/mol. The SMILES string of the molecule is Cc1ccc(CNC(=O)C2CN(C(=O)c3cnccn3)C2)cc1. The van der Waals surface area contributed by atoms with Gasteiger partial charge in [0.1, 0.15) is 5.69 Å². The van der Waals surface area contributed by atoms with Crippen LogP contribution in [-0.2, 0) is 11.3 Å². The fourth-order valence-corrected chi connectivity index (χ4v) is 2.42. The Morgan fingerprint density at radius 3 is 2.61 bits per heavy atom. The Morgan fingerprint density at radius 1 is 1.22 bits per heavy atom. The largest absolute Gasteiger partial charge is 0.352 e. The van der Waals surface area contributed by atoms with E-state index in [9.17, 15) is 9.59 Å². The third-order valence-corrected chi connectivity index (χ3v) is 3.91. The van der Waals surface area contributed by atoms with Gasteiger partial charge in [-0.15, -0.1) is 0 Å². The summed E-state index contributed by atoms with van der Waals surface area (Å²) in [6.07, 6.45) is 4.44. The molecule has 1 aromatic heterocycles. The van der Waals surface area contributed by atoms with Crippen LogP contribution in [0.3, 0.4) is 0 Å². The van der Waals surface area contributed by atoms with Crippen molar-refractivity contribution < 1.29 is 9.59 Å². The average molecular weight is 310 g/mol. The van der Waals surface area contributed by atoms with Crippen molar-refractivity contribution in [3.05, 3.63) is 59.7 Å². The third-order valence-electron chi connectivity index (χ3n) is 3.91. The number of rotatable bonds is 4. The van der Waals surface area contributed by atoms with E-state index in [1.165, 1.54) is 24.2 Å². The van der Waals surface area contributed by atoms with Crippen LogP contribution in [0.25, 0.3) is 0 Å². The molecule has 0 atom stereocenters. The molecule has 0 bridgehead atoms. The van der Waals surface area contributed by atoms with Gasteiger partial charge >= 0.3 is 0 Å². The van der Waals surface area contributed by atoms with Crippen molar-refractivity contribution in [2.45, 2.75) is 13.5 Å². The Kier molecular flexibility index (Phi) is 4.32. The summed E-state index contributed by atoms with van der Waals surface area (Å²) >= 11 is 0. The molecule has 1 aromatic carbocycles. The molecule has 0 radical (unpaired) electrons. The summed E-state index contributed by atoms with van der Waals surface area (Å²) in [5, 5.41) is 2.91. The van der Waals surface area contributed by atoms with Gasteiger partial charge in [-0.05, 0) is 12.5 Å². The zero-order valence-electron chi connectivity index (χ0n) is 12.9. The Bertz CT molecular complexity index is 694. The zero-order valence-corrected chi connectivity index (χ0v) is 12.9. The topological polar surface area (TPSA) is 75.2 Å². The lowest BCUT2D eigenvalue weighted by molar-refractivity contribution is -0.129. The van der Waals surface area contributed by atoms with Crippen molar-refractivity contribution in [1.82, 2.24) is 20.2 Å². The molecule has 6 nitrogen and oxygen atoms in total. The second-order valence-corrected chi connectivity index (χ2v) is 5.70. The van der Waals surface area contributed by atoms with Gasteiger partial charge in [-0.25, -0.2) is 4.98 Å². The molecule has 2 amide bonds. The second-order valence-electron chi connectivity index (χ2n) is 5.70. The van der Waals surface area contributed by atoms with E-state index in [-0.39, 0.29) is 17.7 Å². The van der Waals surface area contributed by atoms with E-state index in [4.69, 9.17) is 0 Å². The van der Waals surface area contributed by atoms with Crippen LogP contribution in [-0.4, -0.2) is 39.8 Å². The van der Waals surface area contributed by atoms with Crippen LogP contribution in [0.15, 0.2) is 42.9 Å². The molecule has 1 N–H and O–H groups in total. The molecule has 0 spiro atoms. The van der Waals surface area contributed by atoms with E-state index in [1.54, 1.807) is 4.90 Å². The quantitative estimate of drug-likeness (QED) is 0.920. The Hall–Kier alpha value is -2.76. The van der Waals surface area contributed by atoms with E-state index in [0.29, 0.717) is 25.3 Å². The zero-order chi connectivity index (χ0) is 16.2. The van der Waals surface area contributed by atoms with Gasteiger partial charge in [0.2, 0.25) is 5.91 Å². The molecular weight excluding hydrogens is 292 g/mol. The fraction of sp³-hybridized carbons (Fsp3) is 0.294. The molecular formula is C17H18N4O2. The summed E-state index contributed by atoms with van der Waals surface area (Å²) in [6, 6.07) is 8.04. The smallest absolute Gasteiger partial charge is 0.274 e. The third kappa shape index (κ3) is 3.53. The van der Waals surface area contributed by atoms with Crippen molar-refractivity contribution in [2.75, 3.05) is 13.1 Å². The first kappa shape index (κ1) is 15.1. The number of amides is 2. The minimum atomic E-state index is -0.180. The lowest BCUT2D eigenvalue weighted by Gasteiger charge is -2.37. The number of hydrogen-bond donors (Lipinski definition) is 1. The lowest BCUT2D eigenvalue weighted by Crippen LogP contribution is -2.55. The minimum absolute atomic E-state index is 0.0197. The van der Waals surface area contributed by atoms with E-state index >= 15 is 0 Å². The van der Waals surface area contributed by atoms with Crippen LogP contribution in [0, 0.1) is 12.8 Å². The van der Waals surface area contributed by atoms with Crippen molar-refractivity contribution in [1.29, 1.82) is 0 Å². The lowest BCUT2D eigenvalue weighted by atomic mass is 9.98. The normalized spacial score (nSPS) is 14.2. The van der Waals surface area contributed by atoms with Crippen molar-refractivity contribution in [3.8, 4) is 0 Å². The molecule has 3 rings (SSSR count). The number of carbonyl (C=O) groups excluding carboxylic acids is 2. The number of likely N-dealkylation sites (tertiary alicyclic amines) is 1. The standard InChI is InChI=1S/C17H18N4O2/c1-12-2-4-13(5-3-12)8-20-16(22)14-10-21(11-14)17(23)15-9-18-6-7-19-15/h2-7,9,14H,8,10-11H2,1H3,(H,20,22). The summed E-state index contributed by atoms with van der Waals surface area (Å²) in [5.74, 6) is -0.351. The first-order valence-corrected chi connectivity index (χ1v) is 7.52. The maximum absolute atomic E-state index is 12.1. The molecule has 1 fully saturated rings. The van der Waals surface area contributed by atoms with E-state index in [0.717, 1.165) is 5.56 Å². The number of aryl methyl sites for hydroxylation is 1. The van der Waals surface area contributed by atoms with Gasteiger partial charge in [0.15, 0.2) is 0 Å². The molecule has 1 saturated heterocycles. The van der Waals surface area contributed by atoms with Gasteiger partial charge < -0.3 is 10.2 Å². The van der Waals surface area contributed by atoms with E-state index in [2.05, 4.69) is 15.3 Å². The Balaban J connectivity index is 1.46. The molecule has 6 heteroatoms. The van der Waals surface area contributed by atoms with Crippen LogP contribution in [0.5, 0.6) is 0 Å². The van der Waals surface area contributed by atoms with E-state index in [1.807, 2.05) is 31.2 Å². The Labute approximate surface area is 134 Å². The summed E-state index contributed by atoms with van der Waals surface area (Å²) in [7, 11) is 0. The summed E-state index contributed by atoms with van der Waals surface area (Å²) in [6.45, 7) is 3.39. The van der Waals surface area contributed by atoms with Crippen LogP contribution in [0.2, 0.25) is 0 Å². The predicted molar refractivity (Wildman–Crippen MR) is 84.5 cm³/mol. The Morgan fingerprint density at radius 2 is 1.96 bits per heavy atom. The van der Waals surface area contributed by atoms with Crippen LogP contribution < -0.4 is 5.32 Å². The maximum Gasteiger partial charge on any atom is 0.274 e. The minimum Gasteiger partial charge on any atom is -0.352 e. The van der Waals surface area contributed by atoms with Gasteiger partial charge in [0.05, 0.1) is 12.1 Å². The number of carbonyl (C=O) groups is 2. The van der Waals surface area contributed by atoms with Crippen LogP contribution >= 0.6 is 0 Å². The first-order valence-electron chi connectivity index (χ1n) is 7.52. The van der Waals surface area contributed by atoms with Gasteiger partial charge in [0.25, 0.3) is 5.91 Å². The highest BCUT2D eigenvalue weighted by Gasteiger charge is 2.36. The molecule has 118 valence electrons. The van der Waals surface area contributed by atoms with Gasteiger partial charge in [0, 0.05) is 32.0 Å². The summed E-state index contributed by atoms with van der Waals surface area (Å²) in [4.78, 5) is 33.7. The number of aromatic nitrogens is 2. The first-order chi connectivity index (χ1) is 11.1. The van der Waals surface area contributed by atoms with Gasteiger partial charge in [-0.1, -0.05) is 29.8 Å². The molecule has 2 heterocycles. The van der Waals surface area contributed by atoms with Crippen molar-refractivity contribution in [2.24, 2.45) is 5.92 Å². The van der Waals surface area contributed by atoms with Crippen LogP contribution in [0.4, 0.5) is 0 Å². The predicted octanol–water partition coefficient (Wildman–Crippen LogP) is 1.17. The molecule has 0 unspecified atom stereocenters. The second kappa shape index (κ2) is 6.56. The van der Waals surface area contributed by atoms with Crippen molar-refractivity contribution in [3.63, 3.8) is 0 Å². The summed E-state index contributed by atoms with van der Waals surface area (Å²) < 4.78 is 0. The van der Waals surface area contributed by atoms with Gasteiger partial charge in [-0.2, -0.15) is 0 Å². The van der Waals surface area contributed by atoms with E-state index < -0.39 is 0 Å². The number of hydrogen-bond acceptors (Lipinski definition) is 4. The highest BCUT2D eigenvalue weighted by atomic mass is 16.2. The molecule has 0 saturated carbocycles. The fourth-order valence-electron chi connectivity index (χ4n) is 2.42. The summed E-state index contributed by atoms with van der Waals surface area (Å²) in [5.41, 5.74) is 2.57.